The average molecular weight is 1510 g/mol. The molecule has 6 aromatic carbocycles. The predicted molar refractivity (Wildman–Crippen MR) is 419 cm³/mol. The number of carboxylic acids is 3. The summed E-state index contributed by atoms with van der Waals surface area (Å²) in [6.07, 6.45) is 15.1. The minimum absolute atomic E-state index is 0. The zero-order valence-electron chi connectivity index (χ0n) is 60.7. The number of amides is 3. The summed E-state index contributed by atoms with van der Waals surface area (Å²) in [5.74, 6) is -0.331. The van der Waals surface area contributed by atoms with E-state index >= 15 is 0 Å². The molecule has 568 valence electrons. The van der Waals surface area contributed by atoms with Crippen LogP contribution in [-0.4, -0.2) is 161 Å². The molecule has 3 aliphatic carbocycles. The number of rotatable bonds is 12. The number of nitrogens with zero attached hydrogens (tertiary/aromatic N) is 3. The first-order chi connectivity index (χ1) is 49.3. The molecule has 6 aromatic rings. The van der Waals surface area contributed by atoms with E-state index in [0.29, 0.717) is 63.9 Å². The number of carbonyl (C=O) groups is 6. The molecule has 3 saturated carbocycles. The van der Waals surface area contributed by atoms with E-state index in [1.54, 1.807) is 43.3 Å². The number of carbonyl (C=O) groups excluding carboxylic acids is 3. The van der Waals surface area contributed by atoms with E-state index in [4.69, 9.17) is 28.6 Å². The summed E-state index contributed by atoms with van der Waals surface area (Å²) in [6.45, 7) is 21.1. The molecule has 3 spiro atoms. The Hall–Kier alpha value is -7.52. The van der Waals surface area contributed by atoms with Crippen LogP contribution in [0.25, 0.3) is 22.3 Å². The van der Waals surface area contributed by atoms with Gasteiger partial charge >= 0.3 is 25.0 Å². The van der Waals surface area contributed by atoms with Crippen molar-refractivity contribution in [2.45, 2.75) is 214 Å². The topological polar surface area (TPSA) is 219 Å². The molecule has 17 nitrogen and oxygen atoms in total. The lowest BCUT2D eigenvalue weighted by molar-refractivity contribution is -0.143. The lowest BCUT2D eigenvalue weighted by Crippen LogP contribution is -2.44. The minimum Gasteiger partial charge on any atom is -0.478 e. The Morgan fingerprint density at radius 3 is 0.991 bits per heavy atom. The van der Waals surface area contributed by atoms with Crippen LogP contribution in [0.1, 0.15) is 228 Å². The number of halogens is 1. The zero-order valence-corrected chi connectivity index (χ0v) is 62.3. The number of piperidine rings is 3. The molecule has 7 heterocycles. The highest BCUT2D eigenvalue weighted by atomic mass is 79.9. The van der Waals surface area contributed by atoms with Crippen molar-refractivity contribution in [2.75, 3.05) is 59.1 Å². The van der Waals surface area contributed by atoms with Crippen LogP contribution in [0, 0.1) is 37.0 Å². The number of benzene rings is 6. The summed E-state index contributed by atoms with van der Waals surface area (Å²) < 4.78 is 29.9. The highest BCUT2D eigenvalue weighted by molar-refractivity contribution is 9.10. The molecular formula is C87H111BBrN3O14. The smallest absolute Gasteiger partial charge is 0.478 e. The summed E-state index contributed by atoms with van der Waals surface area (Å²) in [6, 6.07) is 42.1. The van der Waals surface area contributed by atoms with E-state index in [9.17, 15) is 39.0 Å². The third-order valence-electron chi connectivity index (χ3n) is 25.1. The first-order valence-corrected chi connectivity index (χ1v) is 38.1. The van der Waals surface area contributed by atoms with Gasteiger partial charge in [-0.2, -0.15) is 0 Å². The summed E-state index contributed by atoms with van der Waals surface area (Å²) in [4.78, 5) is 77.3. The van der Waals surface area contributed by atoms with Gasteiger partial charge in [0, 0.05) is 63.6 Å². The summed E-state index contributed by atoms with van der Waals surface area (Å²) >= 11 is 3.25. The lowest BCUT2D eigenvalue weighted by atomic mass is 9.78. The van der Waals surface area contributed by atoms with Gasteiger partial charge in [-0.25, -0.2) is 14.4 Å². The Morgan fingerprint density at radius 1 is 0.415 bits per heavy atom. The normalized spacial score (nSPS) is 24.1. The molecule has 106 heavy (non-hydrogen) atoms. The first-order valence-electron chi connectivity index (χ1n) is 37.3. The van der Waals surface area contributed by atoms with E-state index in [1.165, 1.54) is 36.0 Å². The van der Waals surface area contributed by atoms with Crippen LogP contribution >= 0.6 is 15.9 Å². The van der Waals surface area contributed by atoms with Gasteiger partial charge in [-0.15, -0.1) is 0 Å². The lowest BCUT2D eigenvalue weighted by Gasteiger charge is -2.34. The molecular weight excluding hydrogens is 1400 g/mol. The van der Waals surface area contributed by atoms with Gasteiger partial charge in [0.1, 0.15) is 18.3 Å². The van der Waals surface area contributed by atoms with Crippen molar-refractivity contribution in [2.24, 2.45) is 16.2 Å². The van der Waals surface area contributed by atoms with E-state index in [1.807, 2.05) is 46.7 Å². The van der Waals surface area contributed by atoms with E-state index in [2.05, 4.69) is 116 Å². The van der Waals surface area contributed by atoms with Crippen molar-refractivity contribution in [1.82, 2.24) is 14.7 Å². The van der Waals surface area contributed by atoms with Gasteiger partial charge < -0.3 is 53.5 Å². The molecule has 7 aliphatic heterocycles. The van der Waals surface area contributed by atoms with Gasteiger partial charge in [0.25, 0.3) is 17.7 Å². The Balaban J connectivity index is 0.000000156. The van der Waals surface area contributed by atoms with Gasteiger partial charge in [-0.1, -0.05) is 141 Å². The van der Waals surface area contributed by atoms with E-state index in [0.717, 1.165) is 172 Å². The fourth-order valence-electron chi connectivity index (χ4n) is 17.4. The molecule has 19 heteroatoms. The van der Waals surface area contributed by atoms with Gasteiger partial charge in [-0.3, -0.25) is 14.4 Å². The molecule has 7 saturated heterocycles. The molecule has 0 bridgehead atoms. The molecule has 3 amide bonds. The van der Waals surface area contributed by atoms with Crippen LogP contribution in [0.2, 0.25) is 0 Å². The van der Waals surface area contributed by atoms with Crippen molar-refractivity contribution < 1.29 is 67.6 Å². The van der Waals surface area contributed by atoms with Gasteiger partial charge in [0.2, 0.25) is 0 Å². The summed E-state index contributed by atoms with van der Waals surface area (Å²) in [5.41, 5.74) is 13.1. The van der Waals surface area contributed by atoms with E-state index < -0.39 is 17.9 Å². The number of likely N-dealkylation sites (tertiary alicyclic amines) is 3. The van der Waals surface area contributed by atoms with Gasteiger partial charge in [0.05, 0.1) is 27.9 Å². The first kappa shape index (κ1) is 81.0. The summed E-state index contributed by atoms with van der Waals surface area (Å²) in [5, 5.41) is 27.4. The van der Waals surface area contributed by atoms with Crippen LogP contribution in [0.4, 0.5) is 0 Å². The van der Waals surface area contributed by atoms with E-state index in [-0.39, 0.29) is 76.6 Å². The second kappa shape index (κ2) is 33.1. The fraction of sp³-hybridized carbons (Fsp3) is 0.517. The molecule has 10 fully saturated rings. The standard InChI is InChI=1S/2C26H29NO4.C24H34BNO4.C8H7BrO2.3CH4/c2*1-17-20(4-2-5-21(17)25(29)30)18-7-9-19(10-8-18)22-16-26(22)11-13-27(14-12-26)24(28)23-6-3-15-31-23;1-22(2)23(3,4)30-25(29-22)18-9-7-17(8-10-18)19-16-24(19)11-13-26(14-12-24)21(27)20-6-5-15-28-20;1-5-6(8(10)11)3-2-4-7(5)9;;;/h2*2,4-5,7-10,22-23H,3,6,11-16H2,1H3,(H,29,30);7-10,19-20H,5-6,11-16H2,1-4H3;2-4H,1H3,(H,10,11);3*1H4/t22-,23+;22-,23-;19?,20-;;;;/m011..../s1. The Labute approximate surface area is 636 Å². The SMILES string of the molecule is C.C.C.CC1(C)OB(c2ccc(C3CC34CCN(C(=O)[C@H]3CCCO3)CC4)cc2)OC1(C)C.Cc1c(Br)cccc1C(=O)O.Cc1c(C(=O)O)cccc1-c1ccc([C@@H]2CC23CCN(C(=O)[C@H]2CCCO2)CC3)cc1.Cc1c(C(=O)O)cccc1-c1ccc([C@H]2CC23CCN(C(=O)[C@H]2CCCO2)CC3)cc1. The third kappa shape index (κ3) is 17.0. The highest BCUT2D eigenvalue weighted by Gasteiger charge is 2.59. The van der Waals surface area contributed by atoms with Crippen molar-refractivity contribution in [3.8, 4) is 22.3 Å². The van der Waals surface area contributed by atoms with Crippen molar-refractivity contribution >= 4 is 64.1 Å². The number of ether oxygens (including phenoxy) is 3. The number of aromatic carboxylic acids is 3. The Morgan fingerprint density at radius 2 is 0.708 bits per heavy atom. The maximum absolute atomic E-state index is 12.6. The molecule has 0 radical (unpaired) electrons. The predicted octanol–water partition coefficient (Wildman–Crippen LogP) is 16.9. The average Bonchev–Trinajstić information content (AvgIpc) is 1.59. The maximum atomic E-state index is 12.6. The molecule has 1 unspecified atom stereocenters. The van der Waals surface area contributed by atoms with Crippen LogP contribution in [0.15, 0.2) is 132 Å². The maximum Gasteiger partial charge on any atom is 0.494 e. The number of hydrogen-bond donors (Lipinski definition) is 3. The Bertz CT molecular complexity index is 3940. The number of hydrogen-bond acceptors (Lipinski definition) is 11. The second-order valence-electron chi connectivity index (χ2n) is 31.6. The molecule has 10 aliphatic rings. The van der Waals surface area contributed by atoms with Gasteiger partial charge in [0.15, 0.2) is 0 Å². The largest absolute Gasteiger partial charge is 0.494 e. The highest BCUT2D eigenvalue weighted by Crippen LogP contribution is 2.67. The van der Waals surface area contributed by atoms with Crippen molar-refractivity contribution in [1.29, 1.82) is 0 Å². The van der Waals surface area contributed by atoms with Crippen molar-refractivity contribution in [3.05, 3.63) is 182 Å². The number of carboxylic acid groups (broad SMARTS) is 3. The minimum atomic E-state index is -0.889. The third-order valence-corrected chi connectivity index (χ3v) is 26.0. The second-order valence-corrected chi connectivity index (χ2v) is 32.5. The molecule has 6 atom stereocenters. The summed E-state index contributed by atoms with van der Waals surface area (Å²) in [7, 11) is -0.302. The van der Waals surface area contributed by atoms with Crippen LogP contribution in [0.5, 0.6) is 0 Å². The molecule has 16 rings (SSSR count). The van der Waals surface area contributed by atoms with Crippen LogP contribution in [0.3, 0.4) is 0 Å². The van der Waals surface area contributed by atoms with Crippen molar-refractivity contribution in [3.63, 3.8) is 0 Å². The van der Waals surface area contributed by atoms with Crippen LogP contribution < -0.4 is 5.46 Å². The quantitative estimate of drug-likeness (QED) is 0.0971. The molecule has 0 aromatic heterocycles. The molecule has 3 N–H and O–H groups in total. The van der Waals surface area contributed by atoms with Gasteiger partial charge in [-0.05, 0) is 264 Å². The Kier molecular flexibility index (Phi) is 25.3. The fourth-order valence-corrected chi connectivity index (χ4v) is 17.8. The zero-order chi connectivity index (χ0) is 72.8. The monoisotopic (exact) mass is 1510 g/mol. The van der Waals surface area contributed by atoms with Crippen LogP contribution in [-0.2, 0) is 37.9 Å².